The highest BCUT2D eigenvalue weighted by molar-refractivity contribution is 7.99. The molecule has 7 nitrogen and oxygen atoms in total. The van der Waals surface area contributed by atoms with Gasteiger partial charge in [-0.05, 0) is 56.2 Å². The van der Waals surface area contributed by atoms with E-state index in [-0.39, 0.29) is 11.5 Å². The number of ketones is 1. The number of nitrogens with zero attached hydrogens (tertiary/aromatic N) is 3. The minimum Gasteiger partial charge on any atom is -0.497 e. The Hall–Kier alpha value is -3.52. The minimum absolute atomic E-state index is 0.0332. The third kappa shape index (κ3) is 5.17. The Balaban J connectivity index is 1.39. The summed E-state index contributed by atoms with van der Waals surface area (Å²) in [5.74, 6) is 2.12. The van der Waals surface area contributed by atoms with Crippen molar-refractivity contribution in [2.75, 3.05) is 20.0 Å². The number of Topliss-reactive ketones (excluding diaryl/α,β-unsaturated/α-hetero) is 1. The van der Waals surface area contributed by atoms with Gasteiger partial charge in [0, 0.05) is 23.5 Å². The van der Waals surface area contributed by atoms with Crippen molar-refractivity contribution in [3.8, 4) is 23.0 Å². The number of para-hydroxylation sites is 1. The van der Waals surface area contributed by atoms with Crippen LogP contribution >= 0.6 is 11.8 Å². The second kappa shape index (κ2) is 10.6. The summed E-state index contributed by atoms with van der Waals surface area (Å²) in [6.45, 7) is 4.82. The first-order valence-electron chi connectivity index (χ1n) is 10.9. The van der Waals surface area contributed by atoms with Crippen molar-refractivity contribution < 1.29 is 18.7 Å². The first kappa shape index (κ1) is 23.6. The van der Waals surface area contributed by atoms with Crippen LogP contribution in [0, 0.1) is 13.8 Å². The molecule has 8 heteroatoms. The van der Waals surface area contributed by atoms with Crippen molar-refractivity contribution in [2.45, 2.75) is 32.0 Å². The van der Waals surface area contributed by atoms with E-state index in [2.05, 4.69) is 26.9 Å². The van der Waals surface area contributed by atoms with E-state index in [0.29, 0.717) is 16.9 Å². The van der Waals surface area contributed by atoms with Gasteiger partial charge in [0.1, 0.15) is 11.5 Å². The fourth-order valence-corrected chi connectivity index (χ4v) is 4.51. The minimum atomic E-state index is 0.0332. The van der Waals surface area contributed by atoms with Gasteiger partial charge in [-0.2, -0.15) is 0 Å². The van der Waals surface area contributed by atoms with Crippen LogP contribution in [-0.4, -0.2) is 40.5 Å². The molecule has 176 valence electrons. The van der Waals surface area contributed by atoms with E-state index in [1.165, 1.54) is 17.3 Å². The average Bonchev–Trinajstić information content (AvgIpc) is 3.45. The Labute approximate surface area is 203 Å². The van der Waals surface area contributed by atoms with Gasteiger partial charge in [0.15, 0.2) is 5.78 Å². The van der Waals surface area contributed by atoms with Crippen molar-refractivity contribution >= 4 is 17.5 Å². The lowest BCUT2D eigenvalue weighted by atomic mass is 10.1. The summed E-state index contributed by atoms with van der Waals surface area (Å²) in [5, 5.41) is 8.53. The maximum atomic E-state index is 13.0. The number of methoxy groups -OCH3 is 2. The van der Waals surface area contributed by atoms with E-state index >= 15 is 0 Å². The van der Waals surface area contributed by atoms with Crippen molar-refractivity contribution in [2.24, 2.45) is 0 Å². The predicted octanol–water partition coefficient (Wildman–Crippen LogP) is 5.39. The molecule has 0 saturated carbocycles. The second-order valence-corrected chi connectivity index (χ2v) is 8.75. The number of hydrogen-bond donors (Lipinski definition) is 0. The average molecular weight is 478 g/mol. The highest BCUT2D eigenvalue weighted by Crippen LogP contribution is 2.30. The van der Waals surface area contributed by atoms with E-state index < -0.39 is 0 Å². The van der Waals surface area contributed by atoms with E-state index in [1.54, 1.807) is 14.2 Å². The normalized spacial score (nSPS) is 10.9. The Morgan fingerprint density at radius 1 is 1.03 bits per heavy atom. The monoisotopic (exact) mass is 477 g/mol. The molecule has 0 atom stereocenters. The topological polar surface area (TPSA) is 79.4 Å². The molecular formula is C26H27N3O4S. The van der Waals surface area contributed by atoms with E-state index in [1.807, 2.05) is 56.3 Å². The largest absolute Gasteiger partial charge is 0.497 e. The number of aromatic nitrogens is 3. The molecule has 4 aromatic rings. The molecule has 0 fully saturated rings. The van der Waals surface area contributed by atoms with Crippen LogP contribution in [0.15, 0.2) is 64.2 Å². The number of thioether (sulfide) groups is 1. The number of benzene rings is 2. The van der Waals surface area contributed by atoms with E-state index in [0.717, 1.165) is 41.2 Å². The van der Waals surface area contributed by atoms with Gasteiger partial charge in [-0.25, -0.2) is 0 Å². The molecule has 0 bridgehead atoms. The van der Waals surface area contributed by atoms with Crippen LogP contribution in [0.2, 0.25) is 0 Å². The standard InChI is InChI=1S/C26H27N3O4S/c1-17-15-22(18(2)29(17)14-13-19-9-11-20(31-3)12-10-19)23(30)16-34-26-28-27-25(33-26)21-7-5-6-8-24(21)32-4/h5-12,15H,13-14,16H2,1-4H3. The van der Waals surface area contributed by atoms with Gasteiger partial charge in [0.25, 0.3) is 11.1 Å². The van der Waals surface area contributed by atoms with E-state index in [9.17, 15) is 4.79 Å². The highest BCUT2D eigenvalue weighted by Gasteiger charge is 2.18. The molecule has 0 spiro atoms. The lowest BCUT2D eigenvalue weighted by Gasteiger charge is -2.10. The third-order valence-electron chi connectivity index (χ3n) is 5.73. The molecule has 34 heavy (non-hydrogen) atoms. The summed E-state index contributed by atoms with van der Waals surface area (Å²) in [5.41, 5.74) is 4.70. The Kier molecular flexibility index (Phi) is 7.37. The molecule has 2 aromatic heterocycles. The predicted molar refractivity (Wildman–Crippen MR) is 132 cm³/mol. The molecule has 2 heterocycles. The van der Waals surface area contributed by atoms with Crippen molar-refractivity contribution in [1.82, 2.24) is 14.8 Å². The summed E-state index contributed by atoms with van der Waals surface area (Å²) < 4.78 is 18.5. The van der Waals surface area contributed by atoms with Crippen LogP contribution in [0.3, 0.4) is 0 Å². The molecule has 0 N–H and O–H groups in total. The van der Waals surface area contributed by atoms with Crippen LogP contribution in [0.4, 0.5) is 0 Å². The SMILES string of the molecule is COc1ccc(CCn2c(C)cc(C(=O)CSc3nnc(-c4ccccc4OC)o3)c2C)cc1. The van der Waals surface area contributed by atoms with Crippen LogP contribution in [0.1, 0.15) is 27.3 Å². The van der Waals surface area contributed by atoms with Gasteiger partial charge in [-0.1, -0.05) is 36.0 Å². The zero-order valence-electron chi connectivity index (χ0n) is 19.7. The quantitative estimate of drug-likeness (QED) is 0.224. The van der Waals surface area contributed by atoms with Gasteiger partial charge in [0.05, 0.1) is 25.5 Å². The lowest BCUT2D eigenvalue weighted by Crippen LogP contribution is -2.08. The Bertz CT molecular complexity index is 1280. The summed E-state index contributed by atoms with van der Waals surface area (Å²) in [4.78, 5) is 13.0. The first-order valence-corrected chi connectivity index (χ1v) is 11.9. The number of aryl methyl sites for hydroxylation is 2. The fourth-order valence-electron chi connectivity index (χ4n) is 3.86. The van der Waals surface area contributed by atoms with Crippen molar-refractivity contribution in [3.05, 3.63) is 77.1 Å². The van der Waals surface area contributed by atoms with Gasteiger partial charge < -0.3 is 18.5 Å². The summed E-state index contributed by atoms with van der Waals surface area (Å²) in [6, 6.07) is 17.5. The molecular weight excluding hydrogens is 450 g/mol. The molecule has 0 aliphatic carbocycles. The highest BCUT2D eigenvalue weighted by atomic mass is 32.2. The molecule has 0 radical (unpaired) electrons. The van der Waals surface area contributed by atoms with E-state index in [4.69, 9.17) is 13.9 Å². The van der Waals surface area contributed by atoms with Gasteiger partial charge in [0.2, 0.25) is 0 Å². The number of hydrogen-bond acceptors (Lipinski definition) is 7. The smallest absolute Gasteiger partial charge is 0.277 e. The molecule has 0 saturated heterocycles. The summed E-state index contributed by atoms with van der Waals surface area (Å²) in [7, 11) is 3.26. The maximum Gasteiger partial charge on any atom is 0.277 e. The van der Waals surface area contributed by atoms with Gasteiger partial charge in [-0.3, -0.25) is 4.79 Å². The number of rotatable bonds is 10. The van der Waals surface area contributed by atoms with Crippen molar-refractivity contribution in [3.63, 3.8) is 0 Å². The molecule has 2 aromatic carbocycles. The fraction of sp³-hybridized carbons (Fsp3) is 0.269. The van der Waals surface area contributed by atoms with Crippen LogP contribution in [0.25, 0.3) is 11.5 Å². The van der Waals surface area contributed by atoms with Gasteiger partial charge >= 0.3 is 0 Å². The maximum absolute atomic E-state index is 13.0. The second-order valence-electron chi connectivity index (χ2n) is 7.82. The molecule has 0 aliphatic rings. The molecule has 0 amide bonds. The van der Waals surface area contributed by atoms with Crippen LogP contribution in [-0.2, 0) is 13.0 Å². The number of carbonyl (C=O) groups is 1. The number of carbonyl (C=O) groups excluding carboxylic acids is 1. The van der Waals surface area contributed by atoms with Crippen LogP contribution in [0.5, 0.6) is 11.5 Å². The molecule has 0 aliphatic heterocycles. The summed E-state index contributed by atoms with van der Waals surface area (Å²) in [6.07, 6.45) is 0.871. The Morgan fingerprint density at radius 3 is 2.53 bits per heavy atom. The first-order chi connectivity index (χ1) is 16.5. The van der Waals surface area contributed by atoms with Gasteiger partial charge in [-0.15, -0.1) is 10.2 Å². The van der Waals surface area contributed by atoms with Crippen LogP contribution < -0.4 is 9.47 Å². The van der Waals surface area contributed by atoms with Crippen molar-refractivity contribution in [1.29, 1.82) is 0 Å². The zero-order chi connectivity index (χ0) is 24.1. The Morgan fingerprint density at radius 2 is 1.79 bits per heavy atom. The third-order valence-corrected chi connectivity index (χ3v) is 6.55. The zero-order valence-corrected chi connectivity index (χ0v) is 20.5. The molecule has 0 unspecified atom stereocenters. The lowest BCUT2D eigenvalue weighted by molar-refractivity contribution is 0.102. The summed E-state index contributed by atoms with van der Waals surface area (Å²) >= 11 is 1.24. The number of ether oxygens (including phenoxy) is 2. The molecule has 4 rings (SSSR count).